The standard InChI is InChI=1S/C13H23N3O4/c1-8(11(17)14-3)5-15(4)13(20)16-6-10(7-16)9(2)12(18)19/h8-10H,5-7H2,1-4H3,(H,14,17)(H,18,19). The highest BCUT2D eigenvalue weighted by atomic mass is 16.4. The Morgan fingerprint density at radius 2 is 1.90 bits per heavy atom. The second-order valence-electron chi connectivity index (χ2n) is 5.47. The van der Waals surface area contributed by atoms with E-state index in [1.54, 1.807) is 32.8 Å². The van der Waals surface area contributed by atoms with Crippen LogP contribution in [0, 0.1) is 17.8 Å². The van der Waals surface area contributed by atoms with Crippen LogP contribution >= 0.6 is 0 Å². The molecule has 1 saturated heterocycles. The molecule has 0 spiro atoms. The van der Waals surface area contributed by atoms with Gasteiger partial charge in [-0.2, -0.15) is 0 Å². The van der Waals surface area contributed by atoms with Gasteiger partial charge in [0.25, 0.3) is 0 Å². The number of carboxylic acids is 1. The van der Waals surface area contributed by atoms with E-state index >= 15 is 0 Å². The van der Waals surface area contributed by atoms with Crippen molar-refractivity contribution in [2.75, 3.05) is 33.7 Å². The maximum absolute atomic E-state index is 12.1. The summed E-state index contributed by atoms with van der Waals surface area (Å²) in [4.78, 5) is 37.4. The first kappa shape index (κ1) is 16.3. The van der Waals surface area contributed by atoms with Crippen LogP contribution in [0.2, 0.25) is 0 Å². The first-order valence-electron chi connectivity index (χ1n) is 6.72. The zero-order valence-corrected chi connectivity index (χ0v) is 12.4. The van der Waals surface area contributed by atoms with Crippen molar-refractivity contribution in [2.45, 2.75) is 13.8 Å². The molecule has 1 fully saturated rings. The molecule has 0 aliphatic carbocycles. The number of carboxylic acid groups (broad SMARTS) is 1. The Morgan fingerprint density at radius 3 is 2.35 bits per heavy atom. The van der Waals surface area contributed by atoms with Gasteiger partial charge in [-0.15, -0.1) is 0 Å². The molecule has 0 bridgehead atoms. The van der Waals surface area contributed by atoms with Gasteiger partial charge in [0.2, 0.25) is 5.91 Å². The fourth-order valence-corrected chi connectivity index (χ4v) is 2.25. The van der Waals surface area contributed by atoms with Crippen molar-refractivity contribution in [3.63, 3.8) is 0 Å². The number of rotatable bonds is 5. The second kappa shape index (κ2) is 6.58. The van der Waals surface area contributed by atoms with Crippen LogP contribution in [0.15, 0.2) is 0 Å². The van der Waals surface area contributed by atoms with E-state index in [0.717, 1.165) is 0 Å². The number of hydrogen-bond acceptors (Lipinski definition) is 3. The van der Waals surface area contributed by atoms with E-state index in [1.807, 2.05) is 0 Å². The average molecular weight is 285 g/mol. The van der Waals surface area contributed by atoms with Crippen molar-refractivity contribution >= 4 is 17.9 Å². The van der Waals surface area contributed by atoms with Crippen molar-refractivity contribution in [3.05, 3.63) is 0 Å². The minimum absolute atomic E-state index is 0.0150. The molecule has 2 atom stereocenters. The Hall–Kier alpha value is -1.79. The molecule has 0 saturated carbocycles. The molecule has 7 nitrogen and oxygen atoms in total. The molecule has 0 aromatic carbocycles. The Labute approximate surface area is 118 Å². The first-order valence-corrected chi connectivity index (χ1v) is 6.72. The maximum Gasteiger partial charge on any atom is 0.319 e. The van der Waals surface area contributed by atoms with Gasteiger partial charge in [-0.1, -0.05) is 13.8 Å². The van der Waals surface area contributed by atoms with E-state index < -0.39 is 11.9 Å². The number of likely N-dealkylation sites (tertiary alicyclic amines) is 1. The van der Waals surface area contributed by atoms with E-state index in [-0.39, 0.29) is 23.8 Å². The normalized spacial score (nSPS) is 17.9. The topological polar surface area (TPSA) is 90.0 Å². The summed E-state index contributed by atoms with van der Waals surface area (Å²) < 4.78 is 0. The number of urea groups is 1. The quantitative estimate of drug-likeness (QED) is 0.748. The number of nitrogens with one attached hydrogen (secondary N) is 1. The van der Waals surface area contributed by atoms with Gasteiger partial charge in [0.1, 0.15) is 0 Å². The van der Waals surface area contributed by atoms with E-state index in [0.29, 0.717) is 19.6 Å². The third kappa shape index (κ3) is 3.61. The highest BCUT2D eigenvalue weighted by molar-refractivity contribution is 5.80. The van der Waals surface area contributed by atoms with Crippen molar-refractivity contribution in [2.24, 2.45) is 17.8 Å². The third-order valence-electron chi connectivity index (χ3n) is 3.85. The Morgan fingerprint density at radius 1 is 1.35 bits per heavy atom. The van der Waals surface area contributed by atoms with Crippen LogP contribution in [0.1, 0.15) is 13.8 Å². The predicted octanol–water partition coefficient (Wildman–Crippen LogP) is 0.0728. The van der Waals surface area contributed by atoms with E-state index in [4.69, 9.17) is 5.11 Å². The van der Waals surface area contributed by atoms with Crippen LogP contribution in [-0.2, 0) is 9.59 Å². The van der Waals surface area contributed by atoms with Crippen molar-refractivity contribution in [3.8, 4) is 0 Å². The molecule has 114 valence electrons. The molecule has 3 amide bonds. The molecule has 2 unspecified atom stereocenters. The van der Waals surface area contributed by atoms with E-state index in [9.17, 15) is 14.4 Å². The van der Waals surface area contributed by atoms with E-state index in [2.05, 4.69) is 5.32 Å². The fraction of sp³-hybridized carbons (Fsp3) is 0.769. The summed E-state index contributed by atoms with van der Waals surface area (Å²) in [6.07, 6.45) is 0. The summed E-state index contributed by atoms with van der Waals surface area (Å²) in [5.41, 5.74) is 0. The molecular weight excluding hydrogens is 262 g/mol. The molecule has 2 N–H and O–H groups in total. The monoisotopic (exact) mass is 285 g/mol. The predicted molar refractivity (Wildman–Crippen MR) is 73.1 cm³/mol. The zero-order valence-electron chi connectivity index (χ0n) is 12.4. The van der Waals surface area contributed by atoms with Crippen LogP contribution in [0.4, 0.5) is 4.79 Å². The number of aliphatic carboxylic acids is 1. The van der Waals surface area contributed by atoms with Crippen molar-refractivity contribution in [1.82, 2.24) is 15.1 Å². The minimum atomic E-state index is -0.830. The van der Waals surface area contributed by atoms with Crippen LogP contribution in [0.25, 0.3) is 0 Å². The summed E-state index contributed by atoms with van der Waals surface area (Å²) in [6, 6.07) is -0.158. The van der Waals surface area contributed by atoms with Crippen LogP contribution in [0.5, 0.6) is 0 Å². The van der Waals surface area contributed by atoms with Gasteiger partial charge >= 0.3 is 12.0 Å². The molecule has 0 aromatic rings. The average Bonchev–Trinajstić information content (AvgIpc) is 2.35. The summed E-state index contributed by atoms with van der Waals surface area (Å²) in [5, 5.41) is 11.4. The number of hydrogen-bond donors (Lipinski definition) is 2. The minimum Gasteiger partial charge on any atom is -0.481 e. The Balaban J connectivity index is 2.41. The zero-order chi connectivity index (χ0) is 15.4. The lowest BCUT2D eigenvalue weighted by Crippen LogP contribution is -2.57. The summed E-state index contributed by atoms with van der Waals surface area (Å²) in [5.74, 6) is -1.63. The molecule has 1 heterocycles. The lowest BCUT2D eigenvalue weighted by atomic mass is 9.87. The third-order valence-corrected chi connectivity index (χ3v) is 3.85. The smallest absolute Gasteiger partial charge is 0.319 e. The maximum atomic E-state index is 12.1. The van der Waals surface area contributed by atoms with Gasteiger partial charge in [-0.05, 0) is 0 Å². The van der Waals surface area contributed by atoms with Crippen LogP contribution in [-0.4, -0.2) is 66.5 Å². The van der Waals surface area contributed by atoms with Crippen LogP contribution in [0.3, 0.4) is 0 Å². The molecule has 1 rings (SSSR count). The Kier molecular flexibility index (Phi) is 5.35. The van der Waals surface area contributed by atoms with Crippen LogP contribution < -0.4 is 5.32 Å². The molecule has 0 aromatic heterocycles. The number of carbonyl (C=O) groups excluding carboxylic acids is 2. The molecule has 0 radical (unpaired) electrons. The van der Waals surface area contributed by atoms with Crippen molar-refractivity contribution in [1.29, 1.82) is 0 Å². The SMILES string of the molecule is CNC(=O)C(C)CN(C)C(=O)N1CC(C(C)C(=O)O)C1. The number of amides is 3. The lowest BCUT2D eigenvalue weighted by Gasteiger charge is -2.43. The van der Waals surface area contributed by atoms with Gasteiger partial charge in [-0.25, -0.2) is 4.79 Å². The van der Waals surface area contributed by atoms with Gasteiger partial charge in [0, 0.05) is 39.6 Å². The van der Waals surface area contributed by atoms with Gasteiger partial charge in [0.15, 0.2) is 0 Å². The lowest BCUT2D eigenvalue weighted by molar-refractivity contribution is -0.145. The van der Waals surface area contributed by atoms with Gasteiger partial charge in [-0.3, -0.25) is 9.59 Å². The molecule has 20 heavy (non-hydrogen) atoms. The van der Waals surface area contributed by atoms with Gasteiger partial charge in [0.05, 0.1) is 11.8 Å². The number of nitrogens with zero attached hydrogens (tertiary/aromatic N) is 2. The Bertz CT molecular complexity index is 393. The molecule has 7 heteroatoms. The second-order valence-corrected chi connectivity index (χ2v) is 5.47. The fourth-order valence-electron chi connectivity index (χ4n) is 2.25. The molecule has 1 aliphatic heterocycles. The molecular formula is C13H23N3O4. The van der Waals surface area contributed by atoms with Gasteiger partial charge < -0.3 is 20.2 Å². The number of carbonyl (C=O) groups is 3. The van der Waals surface area contributed by atoms with E-state index in [1.165, 1.54) is 4.90 Å². The molecule has 1 aliphatic rings. The summed E-state index contributed by atoms with van der Waals surface area (Å²) in [7, 11) is 3.21. The van der Waals surface area contributed by atoms with Crippen molar-refractivity contribution < 1.29 is 19.5 Å². The summed E-state index contributed by atoms with van der Waals surface area (Å²) >= 11 is 0. The highest BCUT2D eigenvalue weighted by Gasteiger charge is 2.38. The summed E-state index contributed by atoms with van der Waals surface area (Å²) in [6.45, 7) is 4.68. The first-order chi connectivity index (χ1) is 9.27. The largest absolute Gasteiger partial charge is 0.481 e. The highest BCUT2D eigenvalue weighted by Crippen LogP contribution is 2.25.